The van der Waals surface area contributed by atoms with E-state index in [0.29, 0.717) is 12.2 Å². The van der Waals surface area contributed by atoms with Gasteiger partial charge in [0.15, 0.2) is 0 Å². The van der Waals surface area contributed by atoms with Crippen LogP contribution in [0, 0.1) is 0 Å². The number of para-hydroxylation sites is 1. The minimum atomic E-state index is -0.339. The molecule has 0 saturated heterocycles. The van der Waals surface area contributed by atoms with Gasteiger partial charge in [-0.25, -0.2) is 0 Å². The summed E-state index contributed by atoms with van der Waals surface area (Å²) in [5.74, 6) is 0.330. The van der Waals surface area contributed by atoms with Gasteiger partial charge in [0.1, 0.15) is 5.75 Å². The van der Waals surface area contributed by atoms with Crippen molar-refractivity contribution < 1.29 is 9.84 Å². The molecule has 0 aliphatic heterocycles. The van der Waals surface area contributed by atoms with Crippen LogP contribution in [0.15, 0.2) is 54.6 Å². The summed E-state index contributed by atoms with van der Waals surface area (Å²) >= 11 is 0. The summed E-state index contributed by atoms with van der Waals surface area (Å²) in [6, 6.07) is 17.6. The van der Waals surface area contributed by atoms with Gasteiger partial charge >= 0.3 is 0 Å². The van der Waals surface area contributed by atoms with Crippen molar-refractivity contribution in [3.05, 3.63) is 65.7 Å². The summed E-state index contributed by atoms with van der Waals surface area (Å²) in [6.45, 7) is 6.17. The van der Waals surface area contributed by atoms with Gasteiger partial charge in [-0.2, -0.15) is 0 Å². The van der Waals surface area contributed by atoms with E-state index in [-0.39, 0.29) is 11.7 Å². The monoisotopic (exact) mass is 270 g/mol. The molecule has 2 nitrogen and oxygen atoms in total. The Hall–Kier alpha value is -1.80. The summed E-state index contributed by atoms with van der Waals surface area (Å²) in [5, 5.41) is 9.87. The number of benzene rings is 2. The maximum Gasteiger partial charge on any atom is 0.118 e. The van der Waals surface area contributed by atoms with Crippen LogP contribution in [-0.4, -0.2) is 10.7 Å². The van der Waals surface area contributed by atoms with E-state index in [1.165, 1.54) is 0 Å². The predicted octanol–water partition coefficient (Wildman–Crippen LogP) is 4.49. The summed E-state index contributed by atoms with van der Waals surface area (Å²) in [7, 11) is 0. The quantitative estimate of drug-likeness (QED) is 0.867. The second-order valence-electron chi connectivity index (χ2n) is 5.74. The van der Waals surface area contributed by atoms with Gasteiger partial charge in [-0.1, -0.05) is 48.5 Å². The lowest BCUT2D eigenvalue weighted by atomic mass is 9.97. The maximum absolute atomic E-state index is 9.87. The Labute approximate surface area is 121 Å². The number of ether oxygens (including phenoxy) is 1. The molecule has 1 atom stereocenters. The highest BCUT2D eigenvalue weighted by atomic mass is 16.5. The normalized spacial score (nSPS) is 13.2. The number of phenols is 1. The topological polar surface area (TPSA) is 29.5 Å². The van der Waals surface area contributed by atoms with Gasteiger partial charge in [0.05, 0.1) is 11.7 Å². The van der Waals surface area contributed by atoms with Crippen LogP contribution in [0.2, 0.25) is 0 Å². The Bertz CT molecular complexity index is 546. The summed E-state index contributed by atoms with van der Waals surface area (Å²) in [6.07, 6.45) is 0.702. The molecule has 2 heteroatoms. The minimum Gasteiger partial charge on any atom is -0.508 e. The average Bonchev–Trinajstić information content (AvgIpc) is 2.41. The second kappa shape index (κ2) is 6.10. The smallest absolute Gasteiger partial charge is 0.118 e. The number of hydrogen-bond acceptors (Lipinski definition) is 2. The molecular weight excluding hydrogens is 248 g/mol. The highest BCUT2D eigenvalue weighted by Crippen LogP contribution is 2.29. The van der Waals surface area contributed by atoms with E-state index < -0.39 is 0 Å². The number of aromatic hydroxyl groups is 1. The minimum absolute atomic E-state index is 0.0251. The van der Waals surface area contributed by atoms with Crippen molar-refractivity contribution in [2.75, 3.05) is 0 Å². The number of phenolic OH excluding ortho intramolecular Hbond substituents is 1. The van der Waals surface area contributed by atoms with Crippen LogP contribution in [-0.2, 0) is 11.2 Å². The van der Waals surface area contributed by atoms with Crippen molar-refractivity contribution in [3.63, 3.8) is 0 Å². The predicted molar refractivity (Wildman–Crippen MR) is 81.8 cm³/mol. The molecule has 106 valence electrons. The Morgan fingerprint density at radius 1 is 1.00 bits per heavy atom. The zero-order valence-corrected chi connectivity index (χ0v) is 12.3. The van der Waals surface area contributed by atoms with Gasteiger partial charge in [-0.15, -0.1) is 0 Å². The lowest BCUT2D eigenvalue weighted by molar-refractivity contribution is -0.0650. The lowest BCUT2D eigenvalue weighted by Crippen LogP contribution is -2.28. The van der Waals surface area contributed by atoms with Crippen LogP contribution in [0.1, 0.15) is 38.0 Å². The van der Waals surface area contributed by atoms with E-state index in [4.69, 9.17) is 4.74 Å². The van der Waals surface area contributed by atoms with Gasteiger partial charge < -0.3 is 9.84 Å². The third kappa shape index (κ3) is 3.84. The van der Waals surface area contributed by atoms with Crippen LogP contribution in [0.4, 0.5) is 0 Å². The van der Waals surface area contributed by atoms with Gasteiger partial charge in [0.2, 0.25) is 0 Å². The first kappa shape index (κ1) is 14.6. The highest BCUT2D eigenvalue weighted by molar-refractivity contribution is 5.32. The molecule has 0 radical (unpaired) electrons. The van der Waals surface area contributed by atoms with E-state index in [1.54, 1.807) is 6.07 Å². The van der Waals surface area contributed by atoms with Gasteiger partial charge in [-0.05, 0) is 38.0 Å². The van der Waals surface area contributed by atoms with E-state index in [1.807, 2.05) is 36.4 Å². The van der Waals surface area contributed by atoms with Crippen molar-refractivity contribution in [2.24, 2.45) is 0 Å². The Morgan fingerprint density at radius 3 is 2.25 bits per heavy atom. The molecule has 1 unspecified atom stereocenters. The fourth-order valence-electron chi connectivity index (χ4n) is 2.43. The molecular formula is C18H22O2. The first-order chi connectivity index (χ1) is 9.48. The molecule has 20 heavy (non-hydrogen) atoms. The van der Waals surface area contributed by atoms with Crippen molar-refractivity contribution in [1.82, 2.24) is 0 Å². The van der Waals surface area contributed by atoms with Gasteiger partial charge in [0.25, 0.3) is 0 Å². The number of rotatable bonds is 5. The number of hydrogen-bond donors (Lipinski definition) is 1. The van der Waals surface area contributed by atoms with Crippen molar-refractivity contribution in [1.29, 1.82) is 0 Å². The summed E-state index contributed by atoms with van der Waals surface area (Å²) in [5.41, 5.74) is 1.74. The molecule has 2 aromatic rings. The maximum atomic E-state index is 9.87. The fraction of sp³-hybridized carbons (Fsp3) is 0.333. The van der Waals surface area contributed by atoms with Crippen molar-refractivity contribution in [3.8, 4) is 5.75 Å². The second-order valence-corrected chi connectivity index (χ2v) is 5.74. The first-order valence-corrected chi connectivity index (χ1v) is 6.97. The first-order valence-electron chi connectivity index (χ1n) is 6.97. The molecule has 2 aromatic carbocycles. The molecule has 2 rings (SSSR count). The molecule has 0 aliphatic carbocycles. The fourth-order valence-corrected chi connectivity index (χ4v) is 2.43. The Morgan fingerprint density at radius 2 is 1.60 bits per heavy atom. The highest BCUT2D eigenvalue weighted by Gasteiger charge is 2.24. The molecule has 0 fully saturated rings. The van der Waals surface area contributed by atoms with Crippen LogP contribution in [0.25, 0.3) is 0 Å². The zero-order valence-electron chi connectivity index (χ0n) is 12.3. The Balaban J connectivity index is 2.06. The summed E-state index contributed by atoms with van der Waals surface area (Å²) in [4.78, 5) is 0. The van der Waals surface area contributed by atoms with Crippen molar-refractivity contribution >= 4 is 0 Å². The summed E-state index contributed by atoms with van der Waals surface area (Å²) < 4.78 is 6.17. The molecule has 1 N–H and O–H groups in total. The molecule has 0 bridgehead atoms. The van der Waals surface area contributed by atoms with E-state index in [0.717, 1.165) is 11.1 Å². The average molecular weight is 270 g/mol. The SMILES string of the molecule is CC(OC(C)(C)Cc1ccccc1O)c1ccccc1. The van der Waals surface area contributed by atoms with E-state index in [2.05, 4.69) is 32.9 Å². The van der Waals surface area contributed by atoms with E-state index in [9.17, 15) is 5.11 Å². The lowest BCUT2D eigenvalue weighted by Gasteiger charge is -2.30. The van der Waals surface area contributed by atoms with Crippen LogP contribution in [0.5, 0.6) is 5.75 Å². The third-order valence-electron chi connectivity index (χ3n) is 3.37. The van der Waals surface area contributed by atoms with Gasteiger partial charge in [-0.3, -0.25) is 0 Å². The van der Waals surface area contributed by atoms with Gasteiger partial charge in [0, 0.05) is 6.42 Å². The molecule has 0 spiro atoms. The third-order valence-corrected chi connectivity index (χ3v) is 3.37. The van der Waals surface area contributed by atoms with Crippen molar-refractivity contribution in [2.45, 2.75) is 38.9 Å². The largest absolute Gasteiger partial charge is 0.508 e. The molecule has 0 heterocycles. The molecule has 0 aliphatic rings. The molecule has 0 saturated carbocycles. The van der Waals surface area contributed by atoms with Crippen LogP contribution >= 0.6 is 0 Å². The molecule has 0 amide bonds. The van der Waals surface area contributed by atoms with Crippen LogP contribution in [0.3, 0.4) is 0 Å². The van der Waals surface area contributed by atoms with E-state index >= 15 is 0 Å². The Kier molecular flexibility index (Phi) is 4.46. The zero-order chi connectivity index (χ0) is 14.6. The standard InChI is InChI=1S/C18H22O2/c1-14(15-9-5-4-6-10-15)20-18(2,3)13-16-11-7-8-12-17(16)19/h4-12,14,19H,13H2,1-3H3. The molecule has 0 aromatic heterocycles. The van der Waals surface area contributed by atoms with Crippen LogP contribution < -0.4 is 0 Å².